The van der Waals surface area contributed by atoms with Gasteiger partial charge in [0.1, 0.15) is 11.4 Å². The predicted octanol–water partition coefficient (Wildman–Crippen LogP) is 2.87. The van der Waals surface area contributed by atoms with Crippen LogP contribution < -0.4 is 15.5 Å². The summed E-state index contributed by atoms with van der Waals surface area (Å²) in [6.45, 7) is 5.10. The Hall–Kier alpha value is -3.39. The topological polar surface area (TPSA) is 121 Å². The molecule has 0 aliphatic heterocycles. The number of aromatic nitrogens is 1. The number of amides is 2. The van der Waals surface area contributed by atoms with Gasteiger partial charge in [-0.15, -0.1) is 0 Å². The minimum atomic E-state index is -0.674. The Morgan fingerprint density at radius 3 is 2.57 bits per heavy atom. The summed E-state index contributed by atoms with van der Waals surface area (Å²) in [5.41, 5.74) is 4.69. The summed E-state index contributed by atoms with van der Waals surface area (Å²) in [5, 5.41) is 11.3. The van der Waals surface area contributed by atoms with E-state index in [4.69, 9.17) is 9.94 Å². The fourth-order valence-electron chi connectivity index (χ4n) is 3.02. The number of ketones is 1. The second-order valence-corrected chi connectivity index (χ2v) is 6.11. The molecular weight excluding hydrogens is 362 g/mol. The quantitative estimate of drug-likeness (QED) is 0.253. The Labute approximate surface area is 162 Å². The molecule has 0 unspecified atom stereocenters. The molecular formula is C20H23N3O5. The van der Waals surface area contributed by atoms with Crippen LogP contribution in [0.15, 0.2) is 24.3 Å². The molecule has 0 saturated carbocycles. The van der Waals surface area contributed by atoms with Crippen LogP contribution in [0.3, 0.4) is 0 Å². The van der Waals surface area contributed by atoms with Crippen molar-refractivity contribution in [3.05, 3.63) is 52.4 Å². The first-order chi connectivity index (χ1) is 13.3. The smallest absolute Gasteiger partial charge is 0.272 e. The maximum atomic E-state index is 12.8. The van der Waals surface area contributed by atoms with Crippen LogP contribution in [0.2, 0.25) is 0 Å². The molecule has 0 aliphatic rings. The first-order valence-electron chi connectivity index (χ1n) is 8.66. The lowest BCUT2D eigenvalue weighted by Crippen LogP contribution is -2.15. The molecule has 2 amide bonds. The number of rotatable bonds is 7. The molecule has 2 aromatic rings. The van der Waals surface area contributed by atoms with Crippen molar-refractivity contribution in [3.8, 4) is 5.75 Å². The largest absolute Gasteiger partial charge is 0.495 e. The number of Topliss-reactive ketones (excluding diaryl/α,β-unsaturated/α-hetero) is 1. The van der Waals surface area contributed by atoms with Crippen LogP contribution in [0, 0.1) is 6.92 Å². The normalized spacial score (nSPS) is 10.8. The van der Waals surface area contributed by atoms with Crippen molar-refractivity contribution in [1.82, 2.24) is 10.5 Å². The van der Waals surface area contributed by atoms with Gasteiger partial charge in [-0.25, -0.2) is 5.48 Å². The average Bonchev–Trinajstić information content (AvgIpc) is 3.02. The van der Waals surface area contributed by atoms with Crippen LogP contribution in [0.25, 0.3) is 6.08 Å². The molecule has 0 aliphatic carbocycles. The van der Waals surface area contributed by atoms with E-state index in [9.17, 15) is 14.4 Å². The number of anilines is 1. The second kappa shape index (κ2) is 9.01. The zero-order valence-electron chi connectivity index (χ0n) is 16.2. The Morgan fingerprint density at radius 2 is 2.00 bits per heavy atom. The van der Waals surface area contributed by atoms with Crippen molar-refractivity contribution in [2.75, 3.05) is 12.4 Å². The number of ether oxygens (including phenoxy) is 1. The van der Waals surface area contributed by atoms with Crippen molar-refractivity contribution in [1.29, 1.82) is 0 Å². The van der Waals surface area contributed by atoms with Crippen LogP contribution in [0.5, 0.6) is 5.75 Å². The Kier molecular flexibility index (Phi) is 6.73. The molecule has 1 heterocycles. The van der Waals surface area contributed by atoms with E-state index in [0.717, 1.165) is 6.08 Å². The summed E-state index contributed by atoms with van der Waals surface area (Å²) in [6, 6.07) is 4.97. The maximum Gasteiger partial charge on any atom is 0.272 e. The molecule has 8 nitrogen and oxygen atoms in total. The molecule has 28 heavy (non-hydrogen) atoms. The van der Waals surface area contributed by atoms with Crippen molar-refractivity contribution < 1.29 is 24.3 Å². The summed E-state index contributed by atoms with van der Waals surface area (Å²) in [5.74, 6) is -0.741. The van der Waals surface area contributed by atoms with Gasteiger partial charge in [0, 0.05) is 17.3 Å². The highest BCUT2D eigenvalue weighted by atomic mass is 16.5. The predicted molar refractivity (Wildman–Crippen MR) is 105 cm³/mol. The van der Waals surface area contributed by atoms with Gasteiger partial charge < -0.3 is 15.0 Å². The molecule has 0 spiro atoms. The van der Waals surface area contributed by atoms with Gasteiger partial charge in [-0.2, -0.15) is 0 Å². The van der Waals surface area contributed by atoms with Crippen molar-refractivity contribution in [2.45, 2.75) is 27.2 Å². The number of hydrogen-bond acceptors (Lipinski definition) is 5. The summed E-state index contributed by atoms with van der Waals surface area (Å²) >= 11 is 0. The van der Waals surface area contributed by atoms with Crippen LogP contribution >= 0.6 is 0 Å². The van der Waals surface area contributed by atoms with E-state index in [1.54, 1.807) is 25.1 Å². The van der Waals surface area contributed by atoms with Crippen molar-refractivity contribution in [2.24, 2.45) is 0 Å². The summed E-state index contributed by atoms with van der Waals surface area (Å²) in [7, 11) is 1.48. The number of benzene rings is 1. The Balaban J connectivity index is 2.38. The van der Waals surface area contributed by atoms with Crippen LogP contribution in [0.4, 0.5) is 5.69 Å². The van der Waals surface area contributed by atoms with Gasteiger partial charge in [-0.1, -0.05) is 13.0 Å². The van der Waals surface area contributed by atoms with E-state index in [1.165, 1.54) is 25.6 Å². The third-order valence-electron chi connectivity index (χ3n) is 4.23. The monoisotopic (exact) mass is 385 g/mol. The highest BCUT2D eigenvalue weighted by Gasteiger charge is 2.22. The van der Waals surface area contributed by atoms with Crippen LogP contribution in [-0.2, 0) is 11.2 Å². The van der Waals surface area contributed by atoms with Crippen LogP contribution in [-0.4, -0.2) is 34.9 Å². The number of nitrogens with one attached hydrogen (secondary N) is 3. The molecule has 148 valence electrons. The number of methoxy groups -OCH3 is 1. The highest BCUT2D eigenvalue weighted by molar-refractivity contribution is 6.08. The van der Waals surface area contributed by atoms with E-state index in [2.05, 4.69) is 10.3 Å². The fourth-order valence-corrected chi connectivity index (χ4v) is 3.02. The number of hydrogen-bond donors (Lipinski definition) is 4. The molecule has 1 aromatic heterocycles. The number of carbonyl (C=O) groups excluding carboxylic acids is 3. The van der Waals surface area contributed by atoms with Gasteiger partial charge in [0.05, 0.1) is 12.8 Å². The lowest BCUT2D eigenvalue weighted by atomic mass is 10.0. The van der Waals surface area contributed by atoms with E-state index >= 15 is 0 Å². The number of hydroxylamine groups is 1. The molecule has 0 fully saturated rings. The zero-order chi connectivity index (χ0) is 20.8. The summed E-state index contributed by atoms with van der Waals surface area (Å²) in [4.78, 5) is 38.9. The first kappa shape index (κ1) is 20.9. The average molecular weight is 385 g/mol. The van der Waals surface area contributed by atoms with E-state index in [1.807, 2.05) is 6.92 Å². The molecule has 1 aromatic carbocycles. The lowest BCUT2D eigenvalue weighted by molar-refractivity contribution is -0.124. The van der Waals surface area contributed by atoms with Gasteiger partial charge >= 0.3 is 0 Å². The third-order valence-corrected chi connectivity index (χ3v) is 4.23. The lowest BCUT2D eigenvalue weighted by Gasteiger charge is -2.11. The number of aromatic amines is 1. The standard InChI is InChI=1S/C20H23N3O5/c1-5-14-18(12(3)24)11(2)21-19(14)20(26)22-15-10-13(6-8-16(15)28-4)7-9-17(25)23-27/h6-10,21,27H,5H2,1-4H3,(H,22,26)(H,23,25)/b9-7+. The van der Waals surface area contributed by atoms with Gasteiger partial charge in [0.15, 0.2) is 5.78 Å². The number of carbonyl (C=O) groups is 3. The molecule has 0 bridgehead atoms. The van der Waals surface area contributed by atoms with Gasteiger partial charge in [-0.3, -0.25) is 19.6 Å². The van der Waals surface area contributed by atoms with Crippen LogP contribution in [0.1, 0.15) is 51.5 Å². The SMILES string of the molecule is CCc1c(C(=O)Nc2cc(/C=C/C(=O)NO)ccc2OC)[nH]c(C)c1C(C)=O. The zero-order valence-corrected chi connectivity index (χ0v) is 16.2. The second-order valence-electron chi connectivity index (χ2n) is 6.11. The van der Waals surface area contributed by atoms with Crippen molar-refractivity contribution in [3.63, 3.8) is 0 Å². The van der Waals surface area contributed by atoms with E-state index in [0.29, 0.717) is 45.9 Å². The van der Waals surface area contributed by atoms with Gasteiger partial charge in [0.25, 0.3) is 11.8 Å². The molecule has 4 N–H and O–H groups in total. The number of aryl methyl sites for hydroxylation is 1. The Bertz CT molecular complexity index is 944. The minimum absolute atomic E-state index is 0.100. The molecule has 2 rings (SSSR count). The van der Waals surface area contributed by atoms with E-state index < -0.39 is 11.8 Å². The van der Waals surface area contributed by atoms with Gasteiger partial charge in [0.2, 0.25) is 0 Å². The molecule has 0 saturated heterocycles. The summed E-state index contributed by atoms with van der Waals surface area (Å²) < 4.78 is 5.29. The third kappa shape index (κ3) is 4.47. The van der Waals surface area contributed by atoms with Gasteiger partial charge in [-0.05, 0) is 49.6 Å². The fraction of sp³-hybridized carbons (Fsp3) is 0.250. The highest BCUT2D eigenvalue weighted by Crippen LogP contribution is 2.28. The molecule has 0 radical (unpaired) electrons. The maximum absolute atomic E-state index is 12.8. The molecule has 0 atom stereocenters. The minimum Gasteiger partial charge on any atom is -0.495 e. The Morgan fingerprint density at radius 1 is 1.29 bits per heavy atom. The first-order valence-corrected chi connectivity index (χ1v) is 8.66. The van der Waals surface area contributed by atoms with E-state index in [-0.39, 0.29) is 5.78 Å². The van der Waals surface area contributed by atoms with Crippen molar-refractivity contribution >= 4 is 29.4 Å². The number of H-pyrrole nitrogens is 1. The molecule has 8 heteroatoms. The summed E-state index contributed by atoms with van der Waals surface area (Å²) in [6.07, 6.45) is 3.15.